The molecule has 0 aliphatic carbocycles. The van der Waals surface area contributed by atoms with Crippen molar-refractivity contribution < 1.29 is 9.47 Å². The number of nitrogens with zero attached hydrogens (tertiary/aromatic N) is 4. The quantitative estimate of drug-likeness (QED) is 0.395. The highest BCUT2D eigenvalue weighted by Crippen LogP contribution is 2.22. The van der Waals surface area contributed by atoms with Gasteiger partial charge in [-0.25, -0.2) is 0 Å². The Morgan fingerprint density at radius 1 is 0.935 bits per heavy atom. The van der Waals surface area contributed by atoms with Gasteiger partial charge in [0.15, 0.2) is 0 Å². The fourth-order valence-corrected chi connectivity index (χ4v) is 3.16. The van der Waals surface area contributed by atoms with Gasteiger partial charge in [-0.05, 0) is 64.9 Å². The Morgan fingerprint density at radius 2 is 1.74 bits per heavy atom. The van der Waals surface area contributed by atoms with Crippen LogP contribution in [0.5, 0.6) is 17.5 Å². The molecule has 0 amide bonds. The van der Waals surface area contributed by atoms with Crippen molar-refractivity contribution in [3.05, 3.63) is 90.0 Å². The van der Waals surface area contributed by atoms with Gasteiger partial charge in [0, 0.05) is 6.54 Å². The Kier molecular flexibility index (Phi) is 7.98. The van der Waals surface area contributed by atoms with Crippen molar-refractivity contribution in [1.82, 2.24) is 25.5 Å². The Hall–Kier alpha value is -3.42. The minimum absolute atomic E-state index is 0. The highest BCUT2D eigenvalue weighted by molar-refractivity contribution is 5.85. The average molecular weight is 438 g/mol. The van der Waals surface area contributed by atoms with Gasteiger partial charge in [-0.3, -0.25) is 0 Å². The fraction of sp³-hybridized carbons (Fsp3) is 0.174. The molecule has 0 saturated heterocycles. The summed E-state index contributed by atoms with van der Waals surface area (Å²) in [5.41, 5.74) is 3.15. The van der Waals surface area contributed by atoms with Crippen LogP contribution < -0.4 is 14.8 Å². The third-order valence-corrected chi connectivity index (χ3v) is 4.64. The van der Waals surface area contributed by atoms with Gasteiger partial charge in [-0.2, -0.15) is 4.68 Å². The number of methoxy groups -OCH3 is 1. The topological polar surface area (TPSA) is 74.1 Å². The van der Waals surface area contributed by atoms with E-state index >= 15 is 0 Å². The standard InChI is InChI=1S/C23H23N5O2.ClH/c1-29-22-13-6-5-9-19(22)14-15-24-17-18-8-7-12-21(16-18)30-23-25-26-27-28(23)20-10-3-2-4-11-20;/h2-13,16,24H,14-15,17H2,1H3;1H. The Balaban J connectivity index is 0.00000272. The molecule has 1 aromatic heterocycles. The molecular formula is C23H24ClN5O2. The van der Waals surface area contributed by atoms with Crippen LogP contribution in [0.4, 0.5) is 0 Å². The van der Waals surface area contributed by atoms with E-state index in [1.807, 2.05) is 66.7 Å². The number of para-hydroxylation sites is 2. The number of tetrazole rings is 1. The Bertz CT molecular complexity index is 1090. The average Bonchev–Trinajstić information content (AvgIpc) is 3.26. The van der Waals surface area contributed by atoms with Gasteiger partial charge in [0.25, 0.3) is 0 Å². The van der Waals surface area contributed by atoms with E-state index in [4.69, 9.17) is 9.47 Å². The zero-order valence-electron chi connectivity index (χ0n) is 17.1. The van der Waals surface area contributed by atoms with Crippen molar-refractivity contribution in [1.29, 1.82) is 0 Å². The predicted molar refractivity (Wildman–Crippen MR) is 121 cm³/mol. The summed E-state index contributed by atoms with van der Waals surface area (Å²) in [6, 6.07) is 25.9. The van der Waals surface area contributed by atoms with Crippen molar-refractivity contribution in [3.8, 4) is 23.2 Å². The molecule has 4 rings (SSSR count). The maximum absolute atomic E-state index is 5.93. The molecular weight excluding hydrogens is 414 g/mol. The molecule has 4 aromatic rings. The first kappa shape index (κ1) is 22.3. The van der Waals surface area contributed by atoms with Crippen LogP contribution in [0.3, 0.4) is 0 Å². The highest BCUT2D eigenvalue weighted by Gasteiger charge is 2.10. The zero-order valence-corrected chi connectivity index (χ0v) is 18.0. The first-order valence-electron chi connectivity index (χ1n) is 9.77. The fourth-order valence-electron chi connectivity index (χ4n) is 3.16. The van der Waals surface area contributed by atoms with Crippen molar-refractivity contribution in [2.45, 2.75) is 13.0 Å². The SMILES string of the molecule is COc1ccccc1CCNCc1cccc(Oc2nnnn2-c2ccccc2)c1.Cl. The Labute approximate surface area is 187 Å². The number of rotatable bonds is 9. The summed E-state index contributed by atoms with van der Waals surface area (Å²) in [7, 11) is 1.70. The van der Waals surface area contributed by atoms with Crippen LogP contribution >= 0.6 is 12.4 Å². The molecule has 0 spiro atoms. The molecule has 0 aliphatic heterocycles. The third-order valence-electron chi connectivity index (χ3n) is 4.64. The number of halogens is 1. The van der Waals surface area contributed by atoms with Gasteiger partial charge >= 0.3 is 6.01 Å². The van der Waals surface area contributed by atoms with E-state index in [0.717, 1.165) is 36.5 Å². The lowest BCUT2D eigenvalue weighted by Gasteiger charge is -2.10. The van der Waals surface area contributed by atoms with Crippen LogP contribution in [0.1, 0.15) is 11.1 Å². The van der Waals surface area contributed by atoms with Crippen molar-refractivity contribution in [2.75, 3.05) is 13.7 Å². The second kappa shape index (κ2) is 11.1. The van der Waals surface area contributed by atoms with E-state index in [2.05, 4.69) is 33.0 Å². The zero-order chi connectivity index (χ0) is 20.6. The highest BCUT2D eigenvalue weighted by atomic mass is 35.5. The van der Waals surface area contributed by atoms with Crippen LogP contribution in [0.2, 0.25) is 0 Å². The summed E-state index contributed by atoms with van der Waals surface area (Å²) in [4.78, 5) is 0. The second-order valence-electron chi connectivity index (χ2n) is 6.70. The van der Waals surface area contributed by atoms with Gasteiger partial charge in [0.2, 0.25) is 0 Å². The molecule has 8 heteroatoms. The first-order chi connectivity index (χ1) is 14.8. The maximum atomic E-state index is 5.93. The van der Waals surface area contributed by atoms with E-state index in [9.17, 15) is 0 Å². The molecule has 31 heavy (non-hydrogen) atoms. The molecule has 160 valence electrons. The summed E-state index contributed by atoms with van der Waals surface area (Å²) in [6.07, 6.45) is 0.895. The van der Waals surface area contributed by atoms with E-state index in [0.29, 0.717) is 11.8 Å². The summed E-state index contributed by atoms with van der Waals surface area (Å²) < 4.78 is 12.9. The third kappa shape index (κ3) is 5.81. The lowest BCUT2D eigenvalue weighted by Crippen LogP contribution is -2.17. The molecule has 0 bridgehead atoms. The second-order valence-corrected chi connectivity index (χ2v) is 6.70. The minimum Gasteiger partial charge on any atom is -0.496 e. The van der Waals surface area contributed by atoms with E-state index in [1.54, 1.807) is 11.8 Å². The minimum atomic E-state index is 0. The van der Waals surface area contributed by atoms with Gasteiger partial charge in [-0.15, -0.1) is 12.4 Å². The van der Waals surface area contributed by atoms with E-state index < -0.39 is 0 Å². The van der Waals surface area contributed by atoms with Gasteiger partial charge in [0.05, 0.1) is 12.8 Å². The molecule has 1 heterocycles. The number of hydrogen-bond donors (Lipinski definition) is 1. The molecule has 0 unspecified atom stereocenters. The molecule has 3 aromatic carbocycles. The molecule has 0 saturated carbocycles. The van der Waals surface area contributed by atoms with Crippen LogP contribution in [-0.4, -0.2) is 33.9 Å². The molecule has 0 fully saturated rings. The molecule has 0 aliphatic rings. The summed E-state index contributed by atoms with van der Waals surface area (Å²) in [5.74, 6) is 1.61. The van der Waals surface area contributed by atoms with Crippen LogP contribution in [0.15, 0.2) is 78.9 Å². The van der Waals surface area contributed by atoms with E-state index in [1.165, 1.54) is 5.56 Å². The summed E-state index contributed by atoms with van der Waals surface area (Å²) >= 11 is 0. The summed E-state index contributed by atoms with van der Waals surface area (Å²) in [6.45, 7) is 1.58. The largest absolute Gasteiger partial charge is 0.496 e. The predicted octanol–water partition coefficient (Wildman–Crippen LogP) is 4.22. The monoisotopic (exact) mass is 437 g/mol. The number of ether oxygens (including phenoxy) is 2. The van der Waals surface area contributed by atoms with Crippen LogP contribution in [0, 0.1) is 0 Å². The maximum Gasteiger partial charge on any atom is 0.345 e. The lowest BCUT2D eigenvalue weighted by molar-refractivity contribution is 0.409. The van der Waals surface area contributed by atoms with Crippen LogP contribution in [0.25, 0.3) is 5.69 Å². The van der Waals surface area contributed by atoms with Crippen LogP contribution in [-0.2, 0) is 13.0 Å². The first-order valence-corrected chi connectivity index (χ1v) is 9.77. The number of hydrogen-bond acceptors (Lipinski definition) is 6. The van der Waals surface area contributed by atoms with Gasteiger partial charge in [-0.1, -0.05) is 53.6 Å². The van der Waals surface area contributed by atoms with E-state index in [-0.39, 0.29) is 12.4 Å². The molecule has 0 atom stereocenters. The summed E-state index contributed by atoms with van der Waals surface area (Å²) in [5, 5.41) is 15.2. The van der Waals surface area contributed by atoms with Gasteiger partial charge in [0.1, 0.15) is 11.5 Å². The molecule has 0 radical (unpaired) electrons. The van der Waals surface area contributed by atoms with Gasteiger partial charge < -0.3 is 14.8 Å². The van der Waals surface area contributed by atoms with Crippen molar-refractivity contribution in [2.24, 2.45) is 0 Å². The molecule has 7 nitrogen and oxygen atoms in total. The number of nitrogens with one attached hydrogen (secondary N) is 1. The molecule has 1 N–H and O–H groups in total. The lowest BCUT2D eigenvalue weighted by atomic mass is 10.1. The number of aromatic nitrogens is 4. The van der Waals surface area contributed by atoms with Crippen molar-refractivity contribution >= 4 is 12.4 Å². The van der Waals surface area contributed by atoms with Crippen molar-refractivity contribution in [3.63, 3.8) is 0 Å². The Morgan fingerprint density at radius 3 is 2.58 bits per heavy atom. The number of benzene rings is 3. The normalized spacial score (nSPS) is 10.4. The smallest absolute Gasteiger partial charge is 0.345 e.